The second kappa shape index (κ2) is 8.25. The van der Waals surface area contributed by atoms with E-state index in [1.54, 1.807) is 19.1 Å². The molecule has 1 saturated carbocycles. The van der Waals surface area contributed by atoms with Crippen LogP contribution < -0.4 is 10.1 Å². The number of benzene rings is 2. The number of halogens is 3. The third kappa shape index (κ3) is 4.66. The molecule has 1 N–H and O–H groups in total. The summed E-state index contributed by atoms with van der Waals surface area (Å²) >= 11 is 0. The van der Waals surface area contributed by atoms with Crippen molar-refractivity contribution < 1.29 is 22.7 Å². The third-order valence-electron chi connectivity index (χ3n) is 4.95. The molecule has 0 saturated heterocycles. The number of nitrogens with one attached hydrogen (secondary N) is 1. The fraction of sp³-hybridized carbons (Fsp3) is 0.409. The Balaban J connectivity index is 1.91. The Labute approximate surface area is 162 Å². The normalized spacial score (nSPS) is 14.0. The molecule has 0 heterocycles. The molecule has 1 fully saturated rings. The lowest BCUT2D eigenvalue weighted by Crippen LogP contribution is -2.14. The van der Waals surface area contributed by atoms with E-state index in [0.717, 1.165) is 30.0 Å². The molecular formula is C22H24F3NO2. The Morgan fingerprint density at radius 2 is 1.93 bits per heavy atom. The molecular weight excluding hydrogens is 367 g/mol. The minimum atomic E-state index is -4.49. The highest BCUT2D eigenvalue weighted by Gasteiger charge is 2.35. The van der Waals surface area contributed by atoms with Gasteiger partial charge >= 0.3 is 6.18 Å². The molecule has 0 unspecified atom stereocenters. The van der Waals surface area contributed by atoms with E-state index in [9.17, 15) is 18.0 Å². The molecule has 0 atom stereocenters. The van der Waals surface area contributed by atoms with Crippen molar-refractivity contribution in [1.29, 1.82) is 0 Å². The maximum Gasteiger partial charge on any atom is 0.419 e. The molecule has 0 radical (unpaired) electrons. The molecule has 1 amide bonds. The van der Waals surface area contributed by atoms with Crippen molar-refractivity contribution in [2.75, 3.05) is 5.32 Å². The molecule has 0 aromatic heterocycles. The van der Waals surface area contributed by atoms with Gasteiger partial charge in [-0.2, -0.15) is 13.2 Å². The first kappa shape index (κ1) is 20.2. The Morgan fingerprint density at radius 3 is 2.54 bits per heavy atom. The van der Waals surface area contributed by atoms with Gasteiger partial charge in [-0.3, -0.25) is 4.79 Å². The summed E-state index contributed by atoms with van der Waals surface area (Å²) < 4.78 is 46.1. The van der Waals surface area contributed by atoms with Crippen LogP contribution in [0.3, 0.4) is 0 Å². The predicted octanol–water partition coefficient (Wildman–Crippen LogP) is 6.07. The highest BCUT2D eigenvalue weighted by molar-refractivity contribution is 5.91. The molecule has 1 aliphatic rings. The van der Waals surface area contributed by atoms with Gasteiger partial charge in [0.05, 0.1) is 5.56 Å². The van der Waals surface area contributed by atoms with Gasteiger partial charge in [0, 0.05) is 17.7 Å². The SMILES string of the molecule is CCC(=O)Nc1cccc(C2CC2)c1COc1ccc(CC)cc1C(F)(F)F. The molecule has 0 aliphatic heterocycles. The van der Waals surface area contributed by atoms with Gasteiger partial charge < -0.3 is 10.1 Å². The zero-order chi connectivity index (χ0) is 20.3. The first-order chi connectivity index (χ1) is 13.3. The summed E-state index contributed by atoms with van der Waals surface area (Å²) in [4.78, 5) is 11.9. The fourth-order valence-electron chi connectivity index (χ4n) is 3.19. The zero-order valence-electron chi connectivity index (χ0n) is 16.0. The van der Waals surface area contributed by atoms with E-state index >= 15 is 0 Å². The molecule has 6 heteroatoms. The Morgan fingerprint density at radius 1 is 1.18 bits per heavy atom. The second-order valence-electron chi connectivity index (χ2n) is 7.02. The monoisotopic (exact) mass is 391 g/mol. The largest absolute Gasteiger partial charge is 0.488 e. The molecule has 28 heavy (non-hydrogen) atoms. The summed E-state index contributed by atoms with van der Waals surface area (Å²) in [6, 6.07) is 9.76. The number of hydrogen-bond donors (Lipinski definition) is 1. The number of carbonyl (C=O) groups excluding carboxylic acids is 1. The second-order valence-corrected chi connectivity index (χ2v) is 7.02. The van der Waals surface area contributed by atoms with Crippen LogP contribution in [0.25, 0.3) is 0 Å². The lowest BCUT2D eigenvalue weighted by molar-refractivity contribution is -0.139. The van der Waals surface area contributed by atoms with Crippen molar-refractivity contribution in [1.82, 2.24) is 0 Å². The Kier molecular flexibility index (Phi) is 5.96. The molecule has 150 valence electrons. The highest BCUT2D eigenvalue weighted by Crippen LogP contribution is 2.44. The smallest absolute Gasteiger partial charge is 0.419 e. The van der Waals surface area contributed by atoms with E-state index in [2.05, 4.69) is 5.32 Å². The van der Waals surface area contributed by atoms with Crippen LogP contribution in [0.15, 0.2) is 36.4 Å². The number of hydrogen-bond acceptors (Lipinski definition) is 2. The van der Waals surface area contributed by atoms with Crippen LogP contribution in [0.5, 0.6) is 5.75 Å². The quantitative estimate of drug-likeness (QED) is 0.622. The van der Waals surface area contributed by atoms with Gasteiger partial charge in [-0.1, -0.05) is 32.0 Å². The van der Waals surface area contributed by atoms with Gasteiger partial charge in [-0.25, -0.2) is 0 Å². The van der Waals surface area contributed by atoms with Crippen molar-refractivity contribution in [3.63, 3.8) is 0 Å². The number of rotatable bonds is 7. The summed E-state index contributed by atoms with van der Waals surface area (Å²) in [6.45, 7) is 3.53. The average molecular weight is 391 g/mol. The molecule has 3 rings (SSSR count). The van der Waals surface area contributed by atoms with Gasteiger partial charge in [0.1, 0.15) is 12.4 Å². The maximum absolute atomic E-state index is 13.5. The summed E-state index contributed by atoms with van der Waals surface area (Å²) in [5, 5.41) is 2.84. The number of anilines is 1. The van der Waals surface area contributed by atoms with E-state index in [-0.39, 0.29) is 18.3 Å². The molecule has 2 aromatic rings. The minimum absolute atomic E-state index is 0.0272. The van der Waals surface area contributed by atoms with Crippen LogP contribution in [0.1, 0.15) is 61.3 Å². The van der Waals surface area contributed by atoms with Crippen LogP contribution in [0.4, 0.5) is 18.9 Å². The van der Waals surface area contributed by atoms with E-state index in [0.29, 0.717) is 30.0 Å². The molecule has 0 bridgehead atoms. The minimum Gasteiger partial charge on any atom is -0.488 e. The molecule has 1 aliphatic carbocycles. The number of ether oxygens (including phenoxy) is 1. The van der Waals surface area contributed by atoms with Crippen molar-refractivity contribution >= 4 is 11.6 Å². The van der Waals surface area contributed by atoms with E-state index in [1.165, 1.54) is 6.07 Å². The van der Waals surface area contributed by atoms with Crippen LogP contribution in [-0.4, -0.2) is 5.91 Å². The number of aryl methyl sites for hydroxylation is 1. The molecule has 2 aromatic carbocycles. The van der Waals surface area contributed by atoms with Crippen LogP contribution in [0.2, 0.25) is 0 Å². The van der Waals surface area contributed by atoms with Gasteiger partial charge in [-0.05, 0) is 54.5 Å². The maximum atomic E-state index is 13.5. The predicted molar refractivity (Wildman–Crippen MR) is 102 cm³/mol. The van der Waals surface area contributed by atoms with Crippen molar-refractivity contribution in [3.05, 3.63) is 58.7 Å². The molecule has 0 spiro atoms. The molecule has 3 nitrogen and oxygen atoms in total. The Hall–Kier alpha value is -2.50. The summed E-state index contributed by atoms with van der Waals surface area (Å²) in [6.07, 6.45) is -1.57. The Bertz CT molecular complexity index is 857. The highest BCUT2D eigenvalue weighted by atomic mass is 19.4. The van der Waals surface area contributed by atoms with Crippen molar-refractivity contribution in [2.24, 2.45) is 0 Å². The summed E-state index contributed by atoms with van der Waals surface area (Å²) in [5.74, 6) is 0.0437. The average Bonchev–Trinajstić information content (AvgIpc) is 3.51. The van der Waals surface area contributed by atoms with Gasteiger partial charge in [-0.15, -0.1) is 0 Å². The van der Waals surface area contributed by atoms with E-state index < -0.39 is 11.7 Å². The van der Waals surface area contributed by atoms with E-state index in [1.807, 2.05) is 19.1 Å². The van der Waals surface area contributed by atoms with Gasteiger partial charge in [0.25, 0.3) is 0 Å². The zero-order valence-corrected chi connectivity index (χ0v) is 16.0. The van der Waals surface area contributed by atoms with Gasteiger partial charge in [0.15, 0.2) is 0 Å². The first-order valence-electron chi connectivity index (χ1n) is 9.58. The lowest BCUT2D eigenvalue weighted by atomic mass is 10.0. The number of carbonyl (C=O) groups is 1. The fourth-order valence-corrected chi connectivity index (χ4v) is 3.19. The number of amides is 1. The first-order valence-corrected chi connectivity index (χ1v) is 9.58. The van der Waals surface area contributed by atoms with Crippen molar-refractivity contribution in [3.8, 4) is 5.75 Å². The third-order valence-corrected chi connectivity index (χ3v) is 4.95. The van der Waals surface area contributed by atoms with Crippen LogP contribution >= 0.6 is 0 Å². The summed E-state index contributed by atoms with van der Waals surface area (Å²) in [5.41, 5.74) is 2.23. The van der Waals surface area contributed by atoms with E-state index in [4.69, 9.17) is 4.74 Å². The van der Waals surface area contributed by atoms with Gasteiger partial charge in [0.2, 0.25) is 5.91 Å². The van der Waals surface area contributed by atoms with Crippen LogP contribution in [-0.2, 0) is 24.0 Å². The summed E-state index contributed by atoms with van der Waals surface area (Å²) in [7, 11) is 0. The van der Waals surface area contributed by atoms with Crippen molar-refractivity contribution in [2.45, 2.75) is 58.2 Å². The topological polar surface area (TPSA) is 38.3 Å². The standard InChI is InChI=1S/C22H24F3NO2/c1-3-14-8-11-20(18(12-14)22(23,24)25)28-13-17-16(15-9-10-15)6-5-7-19(17)26-21(27)4-2/h5-8,11-12,15H,3-4,9-10,13H2,1-2H3,(H,26,27). The lowest BCUT2D eigenvalue weighted by Gasteiger charge is -2.19. The number of alkyl halides is 3. The van der Waals surface area contributed by atoms with Crippen LogP contribution in [0, 0.1) is 0 Å².